The number of nitrogens with zero attached hydrogens (tertiary/aromatic N) is 2. The van der Waals surface area contributed by atoms with Crippen LogP contribution in [0.3, 0.4) is 0 Å². The first-order valence-electron chi connectivity index (χ1n) is 6.76. The summed E-state index contributed by atoms with van der Waals surface area (Å²) in [5.41, 5.74) is 1.53. The number of fused-ring (bicyclic) bond motifs is 1. The molecule has 0 bridgehead atoms. The van der Waals surface area contributed by atoms with Crippen LogP contribution < -0.4 is 0 Å². The normalized spacial score (nSPS) is 17.6. The fourth-order valence-corrected chi connectivity index (χ4v) is 3.43. The van der Waals surface area contributed by atoms with Gasteiger partial charge >= 0.3 is 0 Å². The summed E-state index contributed by atoms with van der Waals surface area (Å²) in [4.78, 5) is 19.3. The van der Waals surface area contributed by atoms with Gasteiger partial charge in [-0.2, -0.15) is 5.06 Å². The van der Waals surface area contributed by atoms with E-state index in [1.807, 2.05) is 12.1 Å². The Morgan fingerprint density at radius 2 is 2.30 bits per heavy atom. The maximum atomic E-state index is 12.2. The van der Waals surface area contributed by atoms with E-state index in [1.54, 1.807) is 12.4 Å². The second-order valence-corrected chi connectivity index (χ2v) is 6.13. The van der Waals surface area contributed by atoms with Crippen molar-refractivity contribution < 1.29 is 10.0 Å². The molecule has 3 rings (SSSR count). The summed E-state index contributed by atoms with van der Waals surface area (Å²) >= 11 is 1.36. The number of nitrogens with one attached hydrogen (secondary N) is 1. The van der Waals surface area contributed by atoms with Crippen molar-refractivity contribution in [2.75, 3.05) is 18.8 Å². The molecule has 0 atom stereocenters. The second-order valence-electron chi connectivity index (χ2n) is 5.14. The zero-order valence-corrected chi connectivity index (χ0v) is 11.9. The summed E-state index contributed by atoms with van der Waals surface area (Å²) in [6.07, 6.45) is 5.36. The van der Waals surface area contributed by atoms with Gasteiger partial charge < -0.3 is 10.2 Å². The van der Waals surface area contributed by atoms with Crippen molar-refractivity contribution in [3.05, 3.63) is 30.2 Å². The molecular formula is C14H17N3O2S. The lowest BCUT2D eigenvalue weighted by atomic mass is 10.0. The molecule has 0 radical (unpaired) electrons. The third-order valence-electron chi connectivity index (χ3n) is 3.68. The first-order valence-corrected chi connectivity index (χ1v) is 7.74. The van der Waals surface area contributed by atoms with Gasteiger partial charge in [0.15, 0.2) is 0 Å². The topological polar surface area (TPSA) is 69.2 Å². The van der Waals surface area contributed by atoms with Gasteiger partial charge in [-0.15, -0.1) is 0 Å². The van der Waals surface area contributed by atoms with Crippen molar-refractivity contribution in [1.29, 1.82) is 0 Å². The number of thioether (sulfide) groups is 1. The molecule has 20 heavy (non-hydrogen) atoms. The van der Waals surface area contributed by atoms with Crippen molar-refractivity contribution in [3.8, 4) is 0 Å². The highest BCUT2D eigenvalue weighted by molar-refractivity contribution is 8.14. The molecule has 0 spiro atoms. The Labute approximate surface area is 121 Å². The highest BCUT2D eigenvalue weighted by Crippen LogP contribution is 2.24. The maximum absolute atomic E-state index is 12.2. The van der Waals surface area contributed by atoms with E-state index in [0.29, 0.717) is 24.7 Å². The molecule has 1 aliphatic rings. The Hall–Kier alpha value is -1.37. The van der Waals surface area contributed by atoms with Gasteiger partial charge in [0.2, 0.25) is 5.12 Å². The van der Waals surface area contributed by atoms with Crippen molar-refractivity contribution in [1.82, 2.24) is 15.0 Å². The minimum atomic E-state index is 0.0765. The van der Waals surface area contributed by atoms with Crippen LogP contribution in [0.15, 0.2) is 24.5 Å². The average Bonchev–Trinajstić information content (AvgIpc) is 2.90. The van der Waals surface area contributed by atoms with Crippen molar-refractivity contribution in [2.45, 2.75) is 12.8 Å². The van der Waals surface area contributed by atoms with Crippen LogP contribution in [-0.2, 0) is 0 Å². The van der Waals surface area contributed by atoms with E-state index < -0.39 is 0 Å². The van der Waals surface area contributed by atoms with Crippen molar-refractivity contribution >= 4 is 27.8 Å². The number of hydroxylamine groups is 2. The fourth-order valence-electron chi connectivity index (χ4n) is 2.44. The van der Waals surface area contributed by atoms with Gasteiger partial charge in [0.1, 0.15) is 0 Å². The summed E-state index contributed by atoms with van der Waals surface area (Å²) in [6.45, 7) is 1.41. The van der Waals surface area contributed by atoms with E-state index in [4.69, 9.17) is 0 Å². The predicted molar refractivity (Wildman–Crippen MR) is 79.0 cm³/mol. The molecule has 2 aromatic heterocycles. The third kappa shape index (κ3) is 3.03. The number of piperidine rings is 1. The van der Waals surface area contributed by atoms with Gasteiger partial charge in [0, 0.05) is 30.4 Å². The van der Waals surface area contributed by atoms with Gasteiger partial charge in [-0.05, 0) is 30.9 Å². The number of carbonyl (C=O) groups excluding carboxylic acids is 1. The largest absolute Gasteiger partial charge is 0.350 e. The van der Waals surface area contributed by atoms with Crippen LogP contribution in [-0.4, -0.2) is 44.2 Å². The summed E-state index contributed by atoms with van der Waals surface area (Å²) in [6, 6.07) is 3.77. The zero-order valence-electron chi connectivity index (χ0n) is 11.1. The summed E-state index contributed by atoms with van der Waals surface area (Å²) in [5.74, 6) is 1.33. The Balaban J connectivity index is 1.59. The summed E-state index contributed by atoms with van der Waals surface area (Å²) in [5, 5.41) is 11.8. The molecule has 0 aromatic carbocycles. The van der Waals surface area contributed by atoms with E-state index >= 15 is 0 Å². The number of aromatic amines is 1. The Kier molecular flexibility index (Phi) is 4.05. The van der Waals surface area contributed by atoms with Gasteiger partial charge in [0.25, 0.3) is 0 Å². The number of carbonyl (C=O) groups is 1. The first kappa shape index (κ1) is 13.6. The van der Waals surface area contributed by atoms with E-state index in [1.165, 1.54) is 16.8 Å². The van der Waals surface area contributed by atoms with Crippen LogP contribution in [0.1, 0.15) is 23.3 Å². The van der Waals surface area contributed by atoms with E-state index in [-0.39, 0.29) is 5.12 Å². The number of H-pyrrole nitrogens is 1. The molecule has 2 N–H and O–H groups in total. The smallest absolute Gasteiger partial charge is 0.235 e. The van der Waals surface area contributed by atoms with Crippen LogP contribution in [0.5, 0.6) is 0 Å². The van der Waals surface area contributed by atoms with Crippen LogP contribution in [0.25, 0.3) is 10.9 Å². The minimum Gasteiger partial charge on any atom is -0.350 e. The number of rotatable bonds is 3. The summed E-state index contributed by atoms with van der Waals surface area (Å²) < 4.78 is 0. The van der Waals surface area contributed by atoms with E-state index in [2.05, 4.69) is 9.97 Å². The molecule has 3 heterocycles. The van der Waals surface area contributed by atoms with Gasteiger partial charge in [-0.3, -0.25) is 9.78 Å². The lowest BCUT2D eigenvalue weighted by molar-refractivity contribution is -0.110. The van der Waals surface area contributed by atoms with Gasteiger partial charge in [-0.1, -0.05) is 11.8 Å². The van der Waals surface area contributed by atoms with Crippen molar-refractivity contribution in [2.24, 2.45) is 5.92 Å². The number of hydrogen-bond donors (Lipinski definition) is 2. The average molecular weight is 291 g/mol. The molecule has 1 fully saturated rings. The molecule has 5 nitrogen and oxygen atoms in total. The minimum absolute atomic E-state index is 0.0765. The molecule has 2 aromatic rings. The highest BCUT2D eigenvalue weighted by Gasteiger charge is 2.20. The SMILES string of the molecule is O=C(SCC1CCN(O)CC1)c1cc2ccncc2[nH]1. The van der Waals surface area contributed by atoms with E-state index in [0.717, 1.165) is 29.5 Å². The van der Waals surface area contributed by atoms with Gasteiger partial charge in [0.05, 0.1) is 17.4 Å². The lowest BCUT2D eigenvalue weighted by Gasteiger charge is -2.26. The molecule has 0 aliphatic carbocycles. The fraction of sp³-hybridized carbons (Fsp3) is 0.429. The highest BCUT2D eigenvalue weighted by atomic mass is 32.2. The Morgan fingerprint density at radius 1 is 1.50 bits per heavy atom. The number of pyridine rings is 1. The lowest BCUT2D eigenvalue weighted by Crippen LogP contribution is -2.31. The Bertz CT molecular complexity index is 572. The van der Waals surface area contributed by atoms with Gasteiger partial charge in [-0.25, -0.2) is 0 Å². The monoisotopic (exact) mass is 291 g/mol. The molecule has 6 heteroatoms. The van der Waals surface area contributed by atoms with Crippen LogP contribution >= 0.6 is 11.8 Å². The molecule has 0 amide bonds. The predicted octanol–water partition coefficient (Wildman–Crippen LogP) is 2.54. The summed E-state index contributed by atoms with van der Waals surface area (Å²) in [7, 11) is 0. The number of aromatic nitrogens is 2. The van der Waals surface area contributed by atoms with Crippen LogP contribution in [0.4, 0.5) is 0 Å². The number of hydrogen-bond acceptors (Lipinski definition) is 5. The second kappa shape index (κ2) is 5.95. The molecule has 0 unspecified atom stereocenters. The molecule has 1 aliphatic heterocycles. The molecule has 106 valence electrons. The van der Waals surface area contributed by atoms with E-state index in [9.17, 15) is 10.0 Å². The standard InChI is InChI=1S/C14H17N3O2S/c18-14(20-9-10-2-5-17(19)6-3-10)12-7-11-1-4-15-8-13(11)16-12/h1,4,7-8,10,16,19H,2-3,5-6,9H2. The van der Waals surface area contributed by atoms with Crippen LogP contribution in [0.2, 0.25) is 0 Å². The molecular weight excluding hydrogens is 274 g/mol. The zero-order chi connectivity index (χ0) is 13.9. The third-order valence-corrected chi connectivity index (χ3v) is 4.81. The maximum Gasteiger partial charge on any atom is 0.235 e. The first-order chi connectivity index (χ1) is 9.72. The quantitative estimate of drug-likeness (QED) is 0.909. The van der Waals surface area contributed by atoms with Crippen molar-refractivity contribution in [3.63, 3.8) is 0 Å². The molecule has 0 saturated carbocycles. The Morgan fingerprint density at radius 3 is 3.05 bits per heavy atom. The van der Waals surface area contributed by atoms with Crippen LogP contribution in [0, 0.1) is 5.92 Å². The molecule has 1 saturated heterocycles.